The van der Waals surface area contributed by atoms with Gasteiger partial charge in [-0.3, -0.25) is 9.59 Å². The van der Waals surface area contributed by atoms with Gasteiger partial charge in [0.15, 0.2) is 0 Å². The van der Waals surface area contributed by atoms with Crippen molar-refractivity contribution in [1.29, 1.82) is 0 Å². The number of likely N-dealkylation sites (N-methyl/N-ethyl adjacent to an activating group) is 1. The number of nitrogens with one attached hydrogen (secondary N) is 1. The van der Waals surface area contributed by atoms with Gasteiger partial charge in [0.05, 0.1) is 12.1 Å². The molecule has 0 spiro atoms. The highest BCUT2D eigenvalue weighted by Gasteiger charge is 2.15. The molecule has 2 amide bonds. The van der Waals surface area contributed by atoms with Crippen LogP contribution in [0.4, 0.5) is 10.1 Å². The minimum Gasteiger partial charge on any atom is -0.332 e. The summed E-state index contributed by atoms with van der Waals surface area (Å²) in [5.41, 5.74) is 0.657. The molecule has 1 heterocycles. The Morgan fingerprint density at radius 1 is 1.32 bits per heavy atom. The van der Waals surface area contributed by atoms with Crippen molar-refractivity contribution in [3.63, 3.8) is 0 Å². The third-order valence-electron chi connectivity index (χ3n) is 2.81. The second-order valence-corrected chi connectivity index (χ2v) is 4.98. The van der Waals surface area contributed by atoms with Crippen LogP contribution in [0.25, 0.3) is 0 Å². The molecule has 0 aliphatic carbocycles. The van der Waals surface area contributed by atoms with E-state index in [0.717, 1.165) is 0 Å². The number of rotatable bonds is 4. The van der Waals surface area contributed by atoms with Gasteiger partial charge in [-0.2, -0.15) is 0 Å². The Bertz CT molecular complexity index is 691. The van der Waals surface area contributed by atoms with Gasteiger partial charge in [0, 0.05) is 18.9 Å². The summed E-state index contributed by atoms with van der Waals surface area (Å²) in [5, 5.41) is 2.80. The molecule has 2 rings (SSSR count). The summed E-state index contributed by atoms with van der Waals surface area (Å²) in [6, 6.07) is 8.54. The molecule has 5 nitrogen and oxygen atoms in total. The predicted molar refractivity (Wildman–Crippen MR) is 81.2 cm³/mol. The third-order valence-corrected chi connectivity index (χ3v) is 3.03. The summed E-state index contributed by atoms with van der Waals surface area (Å²) in [6.07, 6.45) is 1.34. The Morgan fingerprint density at radius 2 is 2.09 bits per heavy atom. The molecule has 0 saturated carbocycles. The number of halogens is 2. The number of aromatic nitrogens is 1. The van der Waals surface area contributed by atoms with Crippen LogP contribution in [0.1, 0.15) is 10.4 Å². The maximum absolute atomic E-state index is 13.0. The lowest BCUT2D eigenvalue weighted by Crippen LogP contribution is -2.35. The maximum Gasteiger partial charge on any atom is 0.255 e. The molecular weight excluding hydrogens is 309 g/mol. The first-order chi connectivity index (χ1) is 10.5. The molecule has 1 N–H and O–H groups in total. The molecule has 1 aromatic carbocycles. The molecular formula is C15H13ClFN3O2. The zero-order valence-corrected chi connectivity index (χ0v) is 12.5. The topological polar surface area (TPSA) is 62.3 Å². The van der Waals surface area contributed by atoms with Gasteiger partial charge in [-0.25, -0.2) is 9.37 Å². The molecule has 114 valence electrons. The molecule has 0 fully saturated rings. The Balaban J connectivity index is 1.96. The standard InChI is InChI=1S/C15H13ClFN3O2/c1-20(15(22)10-5-6-13(16)18-8-10)9-14(21)19-12-4-2-3-11(17)7-12/h2-8H,9H2,1H3,(H,19,21). The first-order valence-electron chi connectivity index (χ1n) is 6.38. The van der Waals surface area contributed by atoms with Gasteiger partial charge in [-0.05, 0) is 30.3 Å². The highest BCUT2D eigenvalue weighted by Crippen LogP contribution is 2.10. The van der Waals surface area contributed by atoms with Crippen molar-refractivity contribution in [3.05, 3.63) is 59.1 Å². The van der Waals surface area contributed by atoms with Crippen molar-refractivity contribution >= 4 is 29.1 Å². The van der Waals surface area contributed by atoms with E-state index in [2.05, 4.69) is 10.3 Å². The molecule has 2 aromatic rings. The number of benzene rings is 1. The van der Waals surface area contributed by atoms with Crippen LogP contribution in [-0.2, 0) is 4.79 Å². The van der Waals surface area contributed by atoms with Crippen LogP contribution in [-0.4, -0.2) is 35.3 Å². The van der Waals surface area contributed by atoms with Crippen LogP contribution < -0.4 is 5.32 Å². The van der Waals surface area contributed by atoms with Crippen molar-refractivity contribution < 1.29 is 14.0 Å². The van der Waals surface area contributed by atoms with E-state index in [-0.39, 0.29) is 17.6 Å². The van der Waals surface area contributed by atoms with E-state index in [0.29, 0.717) is 11.3 Å². The number of carbonyl (C=O) groups excluding carboxylic acids is 2. The number of anilines is 1. The molecule has 0 unspecified atom stereocenters. The van der Waals surface area contributed by atoms with E-state index >= 15 is 0 Å². The summed E-state index contributed by atoms with van der Waals surface area (Å²) in [6.45, 7) is -0.169. The van der Waals surface area contributed by atoms with Crippen LogP contribution in [0.3, 0.4) is 0 Å². The van der Waals surface area contributed by atoms with Crippen LogP contribution in [0.2, 0.25) is 5.15 Å². The summed E-state index contributed by atoms with van der Waals surface area (Å²) in [5.74, 6) is -1.24. The molecule has 0 aliphatic rings. The van der Waals surface area contributed by atoms with Gasteiger partial charge in [0.25, 0.3) is 5.91 Å². The number of hydrogen-bond donors (Lipinski definition) is 1. The monoisotopic (exact) mass is 321 g/mol. The Kier molecular flexibility index (Phi) is 5.06. The van der Waals surface area contributed by atoms with Crippen molar-refractivity contribution in [3.8, 4) is 0 Å². The Morgan fingerprint density at radius 3 is 2.73 bits per heavy atom. The fourth-order valence-electron chi connectivity index (χ4n) is 1.78. The van der Waals surface area contributed by atoms with E-state index in [9.17, 15) is 14.0 Å². The lowest BCUT2D eigenvalue weighted by Gasteiger charge is -2.16. The van der Waals surface area contributed by atoms with E-state index < -0.39 is 11.7 Å². The van der Waals surface area contributed by atoms with E-state index in [4.69, 9.17) is 11.6 Å². The number of hydrogen-bond acceptors (Lipinski definition) is 3. The van der Waals surface area contributed by atoms with Gasteiger partial charge in [-0.1, -0.05) is 17.7 Å². The normalized spacial score (nSPS) is 10.1. The molecule has 7 heteroatoms. The fourth-order valence-corrected chi connectivity index (χ4v) is 1.89. The zero-order chi connectivity index (χ0) is 16.1. The first kappa shape index (κ1) is 15.9. The average Bonchev–Trinajstić information content (AvgIpc) is 2.47. The van der Waals surface area contributed by atoms with Crippen LogP contribution in [0.5, 0.6) is 0 Å². The Hall–Kier alpha value is -2.47. The highest BCUT2D eigenvalue weighted by molar-refractivity contribution is 6.29. The summed E-state index contributed by atoms with van der Waals surface area (Å²) in [4.78, 5) is 29.0. The predicted octanol–water partition coefficient (Wildman–Crippen LogP) is 2.58. The van der Waals surface area contributed by atoms with Crippen molar-refractivity contribution in [2.24, 2.45) is 0 Å². The number of nitrogens with zero attached hydrogens (tertiary/aromatic N) is 2. The van der Waals surface area contributed by atoms with Crippen LogP contribution in [0, 0.1) is 5.82 Å². The van der Waals surface area contributed by atoms with Gasteiger partial charge >= 0.3 is 0 Å². The van der Waals surface area contributed by atoms with Gasteiger partial charge in [-0.15, -0.1) is 0 Å². The molecule has 0 radical (unpaired) electrons. The molecule has 1 aromatic heterocycles. The second-order valence-electron chi connectivity index (χ2n) is 4.59. The maximum atomic E-state index is 13.0. The largest absolute Gasteiger partial charge is 0.332 e. The van der Waals surface area contributed by atoms with E-state index in [1.165, 1.54) is 48.5 Å². The zero-order valence-electron chi connectivity index (χ0n) is 11.7. The fraction of sp³-hybridized carbons (Fsp3) is 0.133. The quantitative estimate of drug-likeness (QED) is 0.880. The molecule has 0 saturated heterocycles. The van der Waals surface area contributed by atoms with Crippen molar-refractivity contribution in [2.75, 3.05) is 18.9 Å². The number of pyridine rings is 1. The highest BCUT2D eigenvalue weighted by atomic mass is 35.5. The molecule has 0 aliphatic heterocycles. The SMILES string of the molecule is CN(CC(=O)Nc1cccc(F)c1)C(=O)c1ccc(Cl)nc1. The lowest BCUT2D eigenvalue weighted by molar-refractivity contribution is -0.116. The van der Waals surface area contributed by atoms with Gasteiger partial charge in [0.1, 0.15) is 11.0 Å². The smallest absolute Gasteiger partial charge is 0.255 e. The number of amides is 2. The summed E-state index contributed by atoms with van der Waals surface area (Å²) < 4.78 is 13.0. The van der Waals surface area contributed by atoms with Gasteiger partial charge < -0.3 is 10.2 Å². The van der Waals surface area contributed by atoms with Crippen molar-refractivity contribution in [1.82, 2.24) is 9.88 Å². The van der Waals surface area contributed by atoms with E-state index in [1.807, 2.05) is 0 Å². The molecule has 22 heavy (non-hydrogen) atoms. The number of carbonyl (C=O) groups is 2. The summed E-state index contributed by atoms with van der Waals surface area (Å²) >= 11 is 5.65. The second kappa shape index (κ2) is 7.00. The van der Waals surface area contributed by atoms with Crippen molar-refractivity contribution in [2.45, 2.75) is 0 Å². The van der Waals surface area contributed by atoms with Gasteiger partial charge in [0.2, 0.25) is 5.91 Å². The van der Waals surface area contributed by atoms with Crippen LogP contribution >= 0.6 is 11.6 Å². The summed E-state index contributed by atoms with van der Waals surface area (Å²) in [7, 11) is 1.49. The first-order valence-corrected chi connectivity index (χ1v) is 6.76. The Labute approximate surface area is 131 Å². The van der Waals surface area contributed by atoms with E-state index in [1.54, 1.807) is 6.07 Å². The third kappa shape index (κ3) is 4.26. The average molecular weight is 322 g/mol. The minimum atomic E-state index is -0.450. The molecule has 0 atom stereocenters. The molecule has 0 bridgehead atoms. The van der Waals surface area contributed by atoms with Crippen LogP contribution in [0.15, 0.2) is 42.6 Å². The lowest BCUT2D eigenvalue weighted by atomic mass is 10.2. The minimum absolute atomic E-state index is 0.169.